The van der Waals surface area contributed by atoms with Crippen LogP contribution in [0.4, 0.5) is 0 Å². The quantitative estimate of drug-likeness (QED) is 0.599. The Labute approximate surface area is 145 Å². The minimum absolute atomic E-state index is 0.0523. The van der Waals surface area contributed by atoms with Gasteiger partial charge in [0.25, 0.3) is 11.1 Å². The largest absolute Gasteiger partial charge is 0.478 e. The van der Waals surface area contributed by atoms with Gasteiger partial charge in [-0.1, -0.05) is 0 Å². The molecule has 3 N–H and O–H groups in total. The number of carboxylic acids is 1. The Balaban J connectivity index is 0.000000231. The maximum Gasteiger partial charge on any atom is 0.339 e. The van der Waals surface area contributed by atoms with Gasteiger partial charge in [-0.2, -0.15) is 0 Å². The molecule has 2 heterocycles. The molecule has 2 rings (SSSR count). The summed E-state index contributed by atoms with van der Waals surface area (Å²) >= 11 is 5.90. The highest BCUT2D eigenvalue weighted by Crippen LogP contribution is 2.06. The van der Waals surface area contributed by atoms with Gasteiger partial charge < -0.3 is 19.8 Å². The van der Waals surface area contributed by atoms with Crippen molar-refractivity contribution in [2.45, 2.75) is 0 Å². The van der Waals surface area contributed by atoms with E-state index in [0.717, 1.165) is 6.20 Å². The summed E-state index contributed by atoms with van der Waals surface area (Å²) in [5.74, 6) is -1.55. The monoisotopic (exact) mass is 448 g/mol. The highest BCUT2D eigenvalue weighted by Gasteiger charge is 2.06. The fourth-order valence-electron chi connectivity index (χ4n) is 1.27. The van der Waals surface area contributed by atoms with Crippen molar-refractivity contribution in [3.8, 4) is 0 Å². The van der Waals surface area contributed by atoms with Crippen molar-refractivity contribution in [2.24, 2.45) is 0 Å². The molecule has 0 amide bonds. The molecule has 0 radical (unpaired) electrons. The maximum atomic E-state index is 10.9. The Hall–Kier alpha value is -2.20. The van der Waals surface area contributed by atoms with Crippen LogP contribution in [0, 0.1) is 0 Å². The Morgan fingerprint density at radius 3 is 1.83 bits per heavy atom. The van der Waals surface area contributed by atoms with E-state index in [0.29, 0.717) is 10.0 Å². The van der Waals surface area contributed by atoms with Crippen molar-refractivity contribution in [1.29, 1.82) is 0 Å². The van der Waals surface area contributed by atoms with Crippen LogP contribution in [0.15, 0.2) is 43.1 Å². The third kappa shape index (κ3) is 5.49. The number of carbonyl (C=O) groups is 2. The van der Waals surface area contributed by atoms with Crippen molar-refractivity contribution in [3.05, 3.63) is 65.3 Å². The average Bonchev–Trinajstić information content (AvgIpc) is 2.52. The van der Waals surface area contributed by atoms with Gasteiger partial charge in [0, 0.05) is 12.4 Å². The molecule has 0 saturated heterocycles. The lowest BCUT2D eigenvalue weighted by Gasteiger charge is -1.97. The Bertz CT molecular complexity index is 843. The lowest BCUT2D eigenvalue weighted by atomic mass is 10.3. The number of nitrogens with one attached hydrogen (secondary N) is 2. The van der Waals surface area contributed by atoms with E-state index in [-0.39, 0.29) is 21.2 Å². The van der Waals surface area contributed by atoms with Crippen LogP contribution in [-0.2, 0) is 4.74 Å². The number of carboxylic acid groups (broad SMARTS) is 1. The SMILES string of the molecule is COC(=O)c1c[nH]c(=O)c(Br)c1.O=C(O)c1c[nH]c(=O)c(Br)c1. The summed E-state index contributed by atoms with van der Waals surface area (Å²) in [5, 5.41) is 8.46. The van der Waals surface area contributed by atoms with Crippen molar-refractivity contribution < 1.29 is 19.4 Å². The zero-order valence-corrected chi connectivity index (χ0v) is 14.7. The third-order valence-electron chi connectivity index (χ3n) is 2.38. The van der Waals surface area contributed by atoms with E-state index in [2.05, 4.69) is 46.6 Å². The summed E-state index contributed by atoms with van der Waals surface area (Å²) in [6, 6.07) is 2.66. The van der Waals surface area contributed by atoms with Gasteiger partial charge >= 0.3 is 11.9 Å². The molecule has 0 aliphatic heterocycles. The second kappa shape index (κ2) is 8.44. The Morgan fingerprint density at radius 2 is 1.43 bits per heavy atom. The van der Waals surface area contributed by atoms with Crippen LogP contribution in [0.3, 0.4) is 0 Å². The fourth-order valence-corrected chi connectivity index (χ4v) is 1.99. The smallest absolute Gasteiger partial charge is 0.339 e. The van der Waals surface area contributed by atoms with Crippen LogP contribution >= 0.6 is 31.9 Å². The van der Waals surface area contributed by atoms with E-state index >= 15 is 0 Å². The number of pyridine rings is 2. The molecular weight excluding hydrogens is 440 g/mol. The number of methoxy groups -OCH3 is 1. The predicted molar refractivity (Wildman–Crippen MR) is 87.8 cm³/mol. The van der Waals surface area contributed by atoms with Gasteiger partial charge in [-0.25, -0.2) is 9.59 Å². The number of carbonyl (C=O) groups excluding carboxylic acids is 1. The van der Waals surface area contributed by atoms with Crippen LogP contribution in [0.5, 0.6) is 0 Å². The summed E-state index contributed by atoms with van der Waals surface area (Å²) in [5.41, 5.74) is -0.252. The molecule has 8 nitrogen and oxygen atoms in total. The highest BCUT2D eigenvalue weighted by atomic mass is 79.9. The third-order valence-corrected chi connectivity index (χ3v) is 3.56. The minimum atomic E-state index is -1.07. The summed E-state index contributed by atoms with van der Waals surface area (Å²) in [6.07, 6.45) is 2.45. The molecule has 122 valence electrons. The zero-order chi connectivity index (χ0) is 17.6. The molecule has 0 aromatic carbocycles. The lowest BCUT2D eigenvalue weighted by molar-refractivity contribution is 0.0599. The van der Waals surface area contributed by atoms with Crippen molar-refractivity contribution in [2.75, 3.05) is 7.11 Å². The van der Waals surface area contributed by atoms with Crippen molar-refractivity contribution in [3.63, 3.8) is 0 Å². The Kier molecular flexibility index (Phi) is 6.91. The van der Waals surface area contributed by atoms with E-state index < -0.39 is 11.9 Å². The fraction of sp³-hybridized carbons (Fsp3) is 0.0769. The number of hydrogen-bond donors (Lipinski definition) is 3. The second-order valence-electron chi connectivity index (χ2n) is 3.93. The maximum absolute atomic E-state index is 10.9. The molecule has 2 aromatic heterocycles. The molecule has 23 heavy (non-hydrogen) atoms. The number of halogens is 2. The molecule has 0 spiro atoms. The number of esters is 1. The predicted octanol–water partition coefficient (Wildman–Crippen LogP) is 1.76. The number of aromatic nitrogens is 2. The molecule has 0 unspecified atom stereocenters. The van der Waals surface area contributed by atoms with E-state index in [9.17, 15) is 19.2 Å². The molecule has 0 aliphatic rings. The number of rotatable bonds is 2. The molecule has 0 saturated carbocycles. The summed E-state index contributed by atoms with van der Waals surface area (Å²) in [6.45, 7) is 0. The van der Waals surface area contributed by atoms with Gasteiger partial charge in [0.1, 0.15) is 0 Å². The molecule has 2 aromatic rings. The molecular formula is C13H10Br2N2O6. The van der Waals surface area contributed by atoms with Gasteiger partial charge in [0.15, 0.2) is 0 Å². The van der Waals surface area contributed by atoms with E-state index in [1.807, 2.05) is 0 Å². The first-order valence-electron chi connectivity index (χ1n) is 5.84. The summed E-state index contributed by atoms with van der Waals surface area (Å²) in [7, 11) is 1.28. The van der Waals surface area contributed by atoms with Crippen molar-refractivity contribution in [1.82, 2.24) is 9.97 Å². The van der Waals surface area contributed by atoms with Crippen LogP contribution in [0.2, 0.25) is 0 Å². The minimum Gasteiger partial charge on any atom is -0.478 e. The Morgan fingerprint density at radius 1 is 1.00 bits per heavy atom. The van der Waals surface area contributed by atoms with Gasteiger partial charge in [-0.3, -0.25) is 9.59 Å². The van der Waals surface area contributed by atoms with E-state index in [1.165, 1.54) is 25.4 Å². The molecule has 0 atom stereocenters. The van der Waals surface area contributed by atoms with Crippen molar-refractivity contribution >= 4 is 43.8 Å². The van der Waals surface area contributed by atoms with Crippen LogP contribution in [0.1, 0.15) is 20.7 Å². The molecule has 0 fully saturated rings. The topological polar surface area (TPSA) is 129 Å². The highest BCUT2D eigenvalue weighted by molar-refractivity contribution is 9.10. The number of aromatic carboxylic acids is 1. The number of aromatic amines is 2. The standard InChI is InChI=1S/C7H6BrNO3.C6H4BrNO3/c1-12-7(11)4-2-5(8)6(10)9-3-4;7-4-1-3(6(10)11)2-8-5(4)9/h2-3H,1H3,(H,9,10);1-2H,(H,8,9)(H,10,11). The van der Waals surface area contributed by atoms with Gasteiger partial charge in [0.2, 0.25) is 0 Å². The van der Waals surface area contributed by atoms with Gasteiger partial charge in [0.05, 0.1) is 27.2 Å². The molecule has 0 bridgehead atoms. The van der Waals surface area contributed by atoms with Crippen LogP contribution in [-0.4, -0.2) is 34.1 Å². The number of ether oxygens (including phenoxy) is 1. The second-order valence-corrected chi connectivity index (χ2v) is 5.64. The summed E-state index contributed by atoms with van der Waals surface area (Å²) < 4.78 is 4.98. The van der Waals surface area contributed by atoms with Gasteiger partial charge in [-0.05, 0) is 44.0 Å². The molecule has 0 aliphatic carbocycles. The van der Waals surface area contributed by atoms with E-state index in [4.69, 9.17) is 5.11 Å². The van der Waals surface area contributed by atoms with Crippen LogP contribution < -0.4 is 11.1 Å². The zero-order valence-electron chi connectivity index (χ0n) is 11.6. The number of hydrogen-bond acceptors (Lipinski definition) is 5. The summed E-state index contributed by atoms with van der Waals surface area (Å²) in [4.78, 5) is 47.4. The first kappa shape index (κ1) is 18.8. The first-order valence-corrected chi connectivity index (χ1v) is 7.43. The van der Waals surface area contributed by atoms with Gasteiger partial charge in [-0.15, -0.1) is 0 Å². The normalized spacial score (nSPS) is 9.52. The first-order chi connectivity index (χ1) is 10.8. The van der Waals surface area contributed by atoms with Crippen LogP contribution in [0.25, 0.3) is 0 Å². The number of H-pyrrole nitrogens is 2. The molecule has 10 heteroatoms. The lowest BCUT2D eigenvalue weighted by Crippen LogP contribution is -2.10. The van der Waals surface area contributed by atoms with E-state index in [1.54, 1.807) is 0 Å². The average molecular weight is 450 g/mol.